The lowest BCUT2D eigenvalue weighted by molar-refractivity contribution is -0.143. The first kappa shape index (κ1) is 22.8. The molecule has 2 aliphatic carbocycles. The Kier molecular flexibility index (Phi) is 6.67. The van der Waals surface area contributed by atoms with Crippen LogP contribution in [0.25, 0.3) is 11.1 Å². The summed E-state index contributed by atoms with van der Waals surface area (Å²) in [7, 11) is 0. The summed E-state index contributed by atoms with van der Waals surface area (Å²) in [6.07, 6.45) is 1.93. The van der Waals surface area contributed by atoms with Gasteiger partial charge in [0.2, 0.25) is 5.91 Å². The predicted molar refractivity (Wildman–Crippen MR) is 124 cm³/mol. The van der Waals surface area contributed by atoms with Crippen LogP contribution in [0.3, 0.4) is 0 Å². The Balaban J connectivity index is 1.42. The molecule has 2 amide bonds. The molecule has 2 aromatic rings. The fourth-order valence-corrected chi connectivity index (χ4v) is 4.69. The zero-order valence-corrected chi connectivity index (χ0v) is 18.9. The van der Waals surface area contributed by atoms with Gasteiger partial charge in [-0.1, -0.05) is 68.8 Å². The van der Waals surface area contributed by atoms with Crippen LogP contribution in [-0.4, -0.2) is 41.8 Å². The minimum atomic E-state index is -1.09. The Morgan fingerprint density at radius 2 is 1.55 bits per heavy atom. The molecule has 0 radical (unpaired) electrons. The Morgan fingerprint density at radius 3 is 2.03 bits per heavy atom. The maximum absolute atomic E-state index is 12.9. The van der Waals surface area contributed by atoms with E-state index in [0.717, 1.165) is 41.5 Å². The molecule has 1 unspecified atom stereocenters. The molecule has 2 aliphatic rings. The van der Waals surface area contributed by atoms with E-state index < -0.39 is 30.1 Å². The third kappa shape index (κ3) is 4.72. The number of nitrogens with one attached hydrogen (secondary N) is 2. The van der Waals surface area contributed by atoms with Crippen LogP contribution in [0.5, 0.6) is 0 Å². The molecular weight excluding hydrogens is 420 g/mol. The number of hydrogen-bond acceptors (Lipinski definition) is 4. The second-order valence-corrected chi connectivity index (χ2v) is 9.21. The first-order chi connectivity index (χ1) is 15.9. The lowest BCUT2D eigenvalue weighted by Gasteiger charge is -2.34. The van der Waals surface area contributed by atoms with Gasteiger partial charge in [-0.15, -0.1) is 0 Å². The van der Waals surface area contributed by atoms with Gasteiger partial charge in [-0.2, -0.15) is 0 Å². The number of ether oxygens (including phenoxy) is 1. The van der Waals surface area contributed by atoms with Crippen LogP contribution >= 0.6 is 0 Å². The van der Waals surface area contributed by atoms with E-state index in [-0.39, 0.29) is 24.4 Å². The van der Waals surface area contributed by atoms with Crippen molar-refractivity contribution in [1.29, 1.82) is 0 Å². The molecule has 2 aromatic carbocycles. The molecule has 0 aromatic heterocycles. The lowest BCUT2D eigenvalue weighted by atomic mass is 9.79. The van der Waals surface area contributed by atoms with Crippen LogP contribution in [-0.2, 0) is 14.3 Å². The van der Waals surface area contributed by atoms with Gasteiger partial charge in [0.25, 0.3) is 0 Å². The Bertz CT molecular complexity index is 1000. The lowest BCUT2D eigenvalue weighted by Crippen LogP contribution is -2.56. The van der Waals surface area contributed by atoms with Crippen LogP contribution in [0.15, 0.2) is 48.5 Å². The van der Waals surface area contributed by atoms with Crippen LogP contribution in [0, 0.1) is 11.8 Å². The number of carbonyl (C=O) groups is 3. The number of rotatable bonds is 8. The van der Waals surface area contributed by atoms with Gasteiger partial charge in [-0.25, -0.2) is 9.59 Å². The van der Waals surface area contributed by atoms with Crippen molar-refractivity contribution in [2.75, 3.05) is 6.61 Å². The van der Waals surface area contributed by atoms with Crippen molar-refractivity contribution in [3.05, 3.63) is 59.7 Å². The van der Waals surface area contributed by atoms with Gasteiger partial charge in [0.1, 0.15) is 18.7 Å². The van der Waals surface area contributed by atoms with Crippen LogP contribution in [0.1, 0.15) is 50.2 Å². The van der Waals surface area contributed by atoms with Crippen LogP contribution in [0.2, 0.25) is 0 Å². The number of amides is 2. The first-order valence-electron chi connectivity index (χ1n) is 11.5. The maximum atomic E-state index is 12.9. The van der Waals surface area contributed by atoms with E-state index in [4.69, 9.17) is 4.74 Å². The smallest absolute Gasteiger partial charge is 0.407 e. The normalized spacial score (nSPS) is 16.8. The Labute approximate surface area is 193 Å². The molecule has 0 spiro atoms. The molecule has 1 saturated carbocycles. The summed E-state index contributed by atoms with van der Waals surface area (Å²) in [6, 6.07) is 14.3. The molecule has 0 heterocycles. The Hall–Kier alpha value is -3.35. The molecule has 33 heavy (non-hydrogen) atoms. The van der Waals surface area contributed by atoms with Crippen LogP contribution < -0.4 is 10.6 Å². The summed E-state index contributed by atoms with van der Waals surface area (Å²) in [5.41, 5.74) is 4.51. The van der Waals surface area contributed by atoms with E-state index in [1.807, 2.05) is 36.4 Å². The standard InChI is InChI=1S/C26H30N2O5/c1-15(2)22(25(30)31)27-24(29)23(16-8-7-9-16)28-26(32)33-14-21-19-12-5-3-10-17(19)18-11-4-6-13-20(18)21/h3-6,10-13,15-16,21-23H,7-9,14H2,1-2H3,(H,27,29)(H,28,32)(H,30,31)/t22-,23?/m1/s1. The first-order valence-corrected chi connectivity index (χ1v) is 11.5. The third-order valence-corrected chi connectivity index (χ3v) is 6.75. The molecular formula is C26H30N2O5. The van der Waals surface area contributed by atoms with E-state index in [1.54, 1.807) is 13.8 Å². The highest BCUT2D eigenvalue weighted by molar-refractivity contribution is 5.89. The molecule has 0 bridgehead atoms. The highest BCUT2D eigenvalue weighted by atomic mass is 16.5. The number of fused-ring (bicyclic) bond motifs is 3. The van der Waals surface area contributed by atoms with Crippen LogP contribution in [0.4, 0.5) is 4.79 Å². The summed E-state index contributed by atoms with van der Waals surface area (Å²) in [6.45, 7) is 3.62. The minimum absolute atomic E-state index is 0.0212. The SMILES string of the molecule is CC(C)[C@@H](NC(=O)C(NC(=O)OCC1c2ccccc2-c2ccccc21)C1CCC1)C(=O)O. The zero-order chi connectivity index (χ0) is 23.5. The Morgan fingerprint density at radius 1 is 0.970 bits per heavy atom. The van der Waals surface area contributed by atoms with E-state index in [1.165, 1.54) is 0 Å². The topological polar surface area (TPSA) is 105 Å². The second kappa shape index (κ2) is 9.65. The third-order valence-electron chi connectivity index (χ3n) is 6.75. The van der Waals surface area contributed by atoms with Crippen molar-refractivity contribution in [2.45, 2.75) is 51.1 Å². The number of alkyl carbamates (subject to hydrolysis) is 1. The summed E-state index contributed by atoms with van der Waals surface area (Å²) in [4.78, 5) is 37.1. The van der Waals surface area contributed by atoms with Crippen molar-refractivity contribution >= 4 is 18.0 Å². The number of carboxylic acids is 1. The minimum Gasteiger partial charge on any atom is -0.480 e. The second-order valence-electron chi connectivity index (χ2n) is 9.21. The highest BCUT2D eigenvalue weighted by Crippen LogP contribution is 2.44. The van der Waals surface area contributed by atoms with E-state index in [0.29, 0.717) is 0 Å². The largest absolute Gasteiger partial charge is 0.480 e. The maximum Gasteiger partial charge on any atom is 0.407 e. The average Bonchev–Trinajstić information content (AvgIpc) is 3.07. The number of hydrogen-bond donors (Lipinski definition) is 3. The van der Waals surface area contributed by atoms with Gasteiger partial charge in [-0.05, 0) is 46.9 Å². The number of benzene rings is 2. The summed E-state index contributed by atoms with van der Waals surface area (Å²) in [5.74, 6) is -1.94. The quantitative estimate of drug-likeness (QED) is 0.565. The van der Waals surface area contributed by atoms with Crippen molar-refractivity contribution in [1.82, 2.24) is 10.6 Å². The fourth-order valence-electron chi connectivity index (χ4n) is 4.69. The molecule has 2 atom stereocenters. The predicted octanol–water partition coefficient (Wildman–Crippen LogP) is 3.92. The van der Waals surface area contributed by atoms with Crippen molar-refractivity contribution in [3.63, 3.8) is 0 Å². The van der Waals surface area contributed by atoms with Gasteiger partial charge in [0.05, 0.1) is 0 Å². The molecule has 1 fully saturated rings. The molecule has 0 saturated heterocycles. The molecule has 0 aliphatic heterocycles. The average molecular weight is 451 g/mol. The molecule has 7 nitrogen and oxygen atoms in total. The fraction of sp³-hybridized carbons (Fsp3) is 0.423. The molecule has 174 valence electrons. The van der Waals surface area contributed by atoms with Gasteiger partial charge >= 0.3 is 12.1 Å². The number of aliphatic carboxylic acids is 1. The van der Waals surface area contributed by atoms with E-state index >= 15 is 0 Å². The van der Waals surface area contributed by atoms with Crippen molar-refractivity contribution in [2.24, 2.45) is 11.8 Å². The summed E-state index contributed by atoms with van der Waals surface area (Å²) < 4.78 is 5.59. The van der Waals surface area contributed by atoms with Gasteiger partial charge in [0, 0.05) is 5.92 Å². The van der Waals surface area contributed by atoms with Crippen molar-refractivity contribution in [3.8, 4) is 11.1 Å². The van der Waals surface area contributed by atoms with Gasteiger partial charge in [0.15, 0.2) is 0 Å². The highest BCUT2D eigenvalue weighted by Gasteiger charge is 2.37. The number of carboxylic acid groups (broad SMARTS) is 1. The molecule has 4 rings (SSSR count). The van der Waals surface area contributed by atoms with E-state index in [2.05, 4.69) is 22.8 Å². The molecule has 3 N–H and O–H groups in total. The summed E-state index contributed by atoms with van der Waals surface area (Å²) in [5, 5.41) is 14.7. The number of carbonyl (C=O) groups excluding carboxylic acids is 2. The zero-order valence-electron chi connectivity index (χ0n) is 18.9. The van der Waals surface area contributed by atoms with E-state index in [9.17, 15) is 19.5 Å². The molecule has 7 heteroatoms. The van der Waals surface area contributed by atoms with Gasteiger partial charge < -0.3 is 20.5 Å². The van der Waals surface area contributed by atoms with Crippen molar-refractivity contribution < 1.29 is 24.2 Å². The van der Waals surface area contributed by atoms with Gasteiger partial charge in [-0.3, -0.25) is 4.79 Å². The summed E-state index contributed by atoms with van der Waals surface area (Å²) >= 11 is 0. The monoisotopic (exact) mass is 450 g/mol.